The van der Waals surface area contributed by atoms with Crippen LogP contribution in [0.4, 0.5) is 10.5 Å². The average molecular weight is 290 g/mol. The fourth-order valence-electron chi connectivity index (χ4n) is 2.72. The van der Waals surface area contributed by atoms with Crippen LogP contribution in [0.3, 0.4) is 0 Å². The molecule has 0 spiro atoms. The number of nitrogens with zero attached hydrogens (tertiary/aromatic N) is 3. The molecule has 1 aromatic heterocycles. The normalized spacial score (nSPS) is 16.7. The van der Waals surface area contributed by atoms with Crippen LogP contribution < -0.4 is 10.2 Å². The summed E-state index contributed by atoms with van der Waals surface area (Å²) >= 11 is 0. The van der Waals surface area contributed by atoms with E-state index >= 15 is 0 Å². The van der Waals surface area contributed by atoms with Gasteiger partial charge in [-0.15, -0.1) is 0 Å². The van der Waals surface area contributed by atoms with Gasteiger partial charge >= 0.3 is 6.03 Å². The van der Waals surface area contributed by atoms with Gasteiger partial charge in [0.1, 0.15) is 0 Å². The summed E-state index contributed by atoms with van der Waals surface area (Å²) in [5.74, 6) is 0. The first-order chi connectivity index (χ1) is 10.2. The summed E-state index contributed by atoms with van der Waals surface area (Å²) < 4.78 is 0. The monoisotopic (exact) mass is 290 g/mol. The lowest BCUT2D eigenvalue weighted by atomic mass is 10.1. The van der Waals surface area contributed by atoms with Gasteiger partial charge < -0.3 is 15.1 Å². The lowest BCUT2D eigenvalue weighted by Crippen LogP contribution is -2.53. The van der Waals surface area contributed by atoms with E-state index in [0.717, 1.165) is 45.4 Å². The maximum Gasteiger partial charge on any atom is 0.317 e. The molecule has 1 aliphatic rings. The average Bonchev–Trinajstić information content (AvgIpc) is 2.55. The van der Waals surface area contributed by atoms with E-state index in [1.807, 2.05) is 29.4 Å². The van der Waals surface area contributed by atoms with E-state index in [9.17, 15) is 4.79 Å². The summed E-state index contributed by atoms with van der Waals surface area (Å²) in [7, 11) is 0. The second-order valence-corrected chi connectivity index (χ2v) is 5.52. The van der Waals surface area contributed by atoms with Crippen molar-refractivity contribution in [1.82, 2.24) is 15.2 Å². The molecule has 0 aliphatic carbocycles. The van der Waals surface area contributed by atoms with Crippen molar-refractivity contribution in [3.05, 3.63) is 24.5 Å². The summed E-state index contributed by atoms with van der Waals surface area (Å²) in [5, 5.41) is 3.15. The summed E-state index contributed by atoms with van der Waals surface area (Å²) in [5.41, 5.74) is 1.18. The first-order valence-electron chi connectivity index (χ1n) is 7.95. The molecule has 5 heteroatoms. The number of hydrogen-bond donors (Lipinski definition) is 1. The van der Waals surface area contributed by atoms with E-state index in [-0.39, 0.29) is 6.03 Å². The predicted molar refractivity (Wildman–Crippen MR) is 85.5 cm³/mol. The largest absolute Gasteiger partial charge is 0.368 e. The quantitative estimate of drug-likeness (QED) is 0.906. The zero-order valence-corrected chi connectivity index (χ0v) is 13.1. The van der Waals surface area contributed by atoms with Gasteiger partial charge in [0.2, 0.25) is 0 Å². The Kier molecular flexibility index (Phi) is 5.84. The molecule has 0 radical (unpaired) electrons. The number of carbonyl (C=O) groups excluding carboxylic acids is 1. The van der Waals surface area contributed by atoms with Crippen molar-refractivity contribution in [1.29, 1.82) is 0 Å². The summed E-state index contributed by atoms with van der Waals surface area (Å²) in [6.45, 7) is 7.59. The van der Waals surface area contributed by atoms with Crippen LogP contribution in [0.15, 0.2) is 24.5 Å². The van der Waals surface area contributed by atoms with Crippen LogP contribution in [0.5, 0.6) is 0 Å². The number of hydrogen-bond acceptors (Lipinski definition) is 3. The van der Waals surface area contributed by atoms with Crippen LogP contribution in [-0.2, 0) is 0 Å². The van der Waals surface area contributed by atoms with E-state index in [1.54, 1.807) is 0 Å². The molecule has 1 fully saturated rings. The molecule has 1 N–H and O–H groups in total. The topological polar surface area (TPSA) is 48.5 Å². The number of anilines is 1. The Balaban J connectivity index is 1.82. The van der Waals surface area contributed by atoms with E-state index in [2.05, 4.69) is 29.0 Å². The Morgan fingerprint density at radius 2 is 1.90 bits per heavy atom. The highest BCUT2D eigenvalue weighted by Crippen LogP contribution is 2.15. The standard InChI is InChI=1S/C16H26N4O/c1-3-5-14(4-2)18-16(21)20-12-10-19(11-13-20)15-6-8-17-9-7-15/h6-9,14H,3-5,10-13H2,1-2H3,(H,18,21). The zero-order chi connectivity index (χ0) is 15.1. The van der Waals surface area contributed by atoms with Gasteiger partial charge in [-0.2, -0.15) is 0 Å². The van der Waals surface area contributed by atoms with Crippen LogP contribution in [0.2, 0.25) is 0 Å². The fraction of sp³-hybridized carbons (Fsp3) is 0.625. The number of aromatic nitrogens is 1. The van der Waals surface area contributed by atoms with Gasteiger partial charge in [-0.25, -0.2) is 4.79 Å². The lowest BCUT2D eigenvalue weighted by molar-refractivity contribution is 0.189. The van der Waals surface area contributed by atoms with Gasteiger partial charge in [0.05, 0.1) is 0 Å². The van der Waals surface area contributed by atoms with Crippen LogP contribution in [0, 0.1) is 0 Å². The highest BCUT2D eigenvalue weighted by atomic mass is 16.2. The van der Waals surface area contributed by atoms with Gasteiger partial charge in [0.15, 0.2) is 0 Å². The molecule has 1 aromatic rings. The van der Waals surface area contributed by atoms with Crippen molar-refractivity contribution >= 4 is 11.7 Å². The molecule has 2 heterocycles. The molecule has 0 saturated carbocycles. The number of amides is 2. The van der Waals surface area contributed by atoms with E-state index in [1.165, 1.54) is 5.69 Å². The molecule has 1 saturated heterocycles. The third-order valence-corrected chi connectivity index (χ3v) is 4.05. The van der Waals surface area contributed by atoms with E-state index in [0.29, 0.717) is 6.04 Å². The maximum absolute atomic E-state index is 12.3. The third kappa shape index (κ3) is 4.34. The summed E-state index contributed by atoms with van der Waals surface area (Å²) in [4.78, 5) is 20.5. The highest BCUT2D eigenvalue weighted by molar-refractivity contribution is 5.75. The van der Waals surface area contributed by atoms with Crippen molar-refractivity contribution in [3.63, 3.8) is 0 Å². The third-order valence-electron chi connectivity index (χ3n) is 4.05. The summed E-state index contributed by atoms with van der Waals surface area (Å²) in [6, 6.07) is 4.43. The lowest BCUT2D eigenvalue weighted by Gasteiger charge is -2.36. The molecule has 116 valence electrons. The Morgan fingerprint density at radius 3 is 2.48 bits per heavy atom. The van der Waals surface area contributed by atoms with Crippen molar-refractivity contribution in [2.45, 2.75) is 39.2 Å². The molecule has 5 nitrogen and oxygen atoms in total. The number of pyridine rings is 1. The minimum Gasteiger partial charge on any atom is -0.368 e. The Labute approximate surface area is 127 Å². The highest BCUT2D eigenvalue weighted by Gasteiger charge is 2.22. The zero-order valence-electron chi connectivity index (χ0n) is 13.1. The molecule has 1 unspecified atom stereocenters. The number of urea groups is 1. The van der Waals surface area contributed by atoms with E-state index in [4.69, 9.17) is 0 Å². The molecular formula is C16H26N4O. The fourth-order valence-corrected chi connectivity index (χ4v) is 2.72. The number of nitrogens with one attached hydrogen (secondary N) is 1. The molecule has 1 aliphatic heterocycles. The van der Waals surface area contributed by atoms with Crippen molar-refractivity contribution in [2.75, 3.05) is 31.1 Å². The maximum atomic E-state index is 12.3. The number of carbonyl (C=O) groups is 1. The Morgan fingerprint density at radius 1 is 1.24 bits per heavy atom. The second kappa shape index (κ2) is 7.86. The van der Waals surface area contributed by atoms with Crippen LogP contribution in [-0.4, -0.2) is 48.1 Å². The molecule has 0 bridgehead atoms. The number of piperazine rings is 1. The smallest absolute Gasteiger partial charge is 0.317 e. The van der Waals surface area contributed by atoms with Crippen LogP contribution in [0.25, 0.3) is 0 Å². The van der Waals surface area contributed by atoms with Gasteiger partial charge in [-0.1, -0.05) is 20.3 Å². The minimum absolute atomic E-state index is 0.0877. The van der Waals surface area contributed by atoms with Gasteiger partial charge in [-0.05, 0) is 25.0 Å². The minimum atomic E-state index is 0.0877. The van der Waals surface area contributed by atoms with Gasteiger partial charge in [0.25, 0.3) is 0 Å². The van der Waals surface area contributed by atoms with Crippen molar-refractivity contribution < 1.29 is 4.79 Å². The molecule has 0 aromatic carbocycles. The molecular weight excluding hydrogens is 264 g/mol. The van der Waals surface area contributed by atoms with Gasteiger partial charge in [0, 0.05) is 50.3 Å². The first-order valence-corrected chi connectivity index (χ1v) is 7.95. The Hall–Kier alpha value is -1.78. The Bertz CT molecular complexity index is 429. The first kappa shape index (κ1) is 15.6. The molecule has 1 atom stereocenters. The van der Waals surface area contributed by atoms with Crippen molar-refractivity contribution in [2.24, 2.45) is 0 Å². The molecule has 21 heavy (non-hydrogen) atoms. The SMILES string of the molecule is CCCC(CC)NC(=O)N1CCN(c2ccncc2)CC1. The second-order valence-electron chi connectivity index (χ2n) is 5.52. The van der Waals surface area contributed by atoms with Crippen LogP contribution >= 0.6 is 0 Å². The van der Waals surface area contributed by atoms with Gasteiger partial charge in [-0.3, -0.25) is 4.98 Å². The molecule has 2 amide bonds. The summed E-state index contributed by atoms with van der Waals surface area (Å²) in [6.07, 6.45) is 6.78. The van der Waals surface area contributed by atoms with Crippen molar-refractivity contribution in [3.8, 4) is 0 Å². The number of rotatable bonds is 5. The predicted octanol–water partition coefficient (Wildman–Crippen LogP) is 2.49. The van der Waals surface area contributed by atoms with E-state index < -0.39 is 0 Å². The molecule has 2 rings (SSSR count). The van der Waals surface area contributed by atoms with Crippen LogP contribution in [0.1, 0.15) is 33.1 Å².